The molecular formula is C8H17N3. The van der Waals surface area contributed by atoms with Gasteiger partial charge in [0.25, 0.3) is 0 Å². The van der Waals surface area contributed by atoms with Gasteiger partial charge in [-0.25, -0.2) is 5.01 Å². The van der Waals surface area contributed by atoms with Gasteiger partial charge in [0.1, 0.15) is 0 Å². The first-order chi connectivity index (χ1) is 5.23. The van der Waals surface area contributed by atoms with Gasteiger partial charge >= 0.3 is 0 Å². The third-order valence-electron chi connectivity index (χ3n) is 3.17. The summed E-state index contributed by atoms with van der Waals surface area (Å²) in [5.41, 5.74) is 0.368. The fourth-order valence-electron chi connectivity index (χ4n) is 2.33. The topological polar surface area (TPSA) is 32.5 Å². The molecule has 0 aromatic rings. The zero-order chi connectivity index (χ0) is 7.90. The Kier molecular flexibility index (Phi) is 1.67. The molecule has 0 saturated carbocycles. The summed E-state index contributed by atoms with van der Waals surface area (Å²) in [6, 6.07) is 0. The molecule has 2 heterocycles. The lowest BCUT2D eigenvalue weighted by Gasteiger charge is -2.54. The summed E-state index contributed by atoms with van der Waals surface area (Å²) in [4.78, 5) is 2.39. The minimum Gasteiger partial charge on any atom is -0.304 e. The van der Waals surface area contributed by atoms with E-state index in [-0.39, 0.29) is 0 Å². The average Bonchev–Trinajstić information content (AvgIpc) is 2.02. The first-order valence-corrected chi connectivity index (χ1v) is 4.44. The molecule has 2 rings (SSSR count). The highest BCUT2D eigenvalue weighted by Gasteiger charge is 2.44. The van der Waals surface area contributed by atoms with Crippen molar-refractivity contribution in [2.75, 3.05) is 26.7 Å². The van der Waals surface area contributed by atoms with Crippen molar-refractivity contribution >= 4 is 0 Å². The number of hydrazine groups is 1. The summed E-state index contributed by atoms with van der Waals surface area (Å²) >= 11 is 0. The summed E-state index contributed by atoms with van der Waals surface area (Å²) in [7, 11) is 2.19. The van der Waals surface area contributed by atoms with Crippen LogP contribution >= 0.6 is 0 Å². The van der Waals surface area contributed by atoms with Crippen LogP contribution in [0.15, 0.2) is 0 Å². The van der Waals surface area contributed by atoms with E-state index in [2.05, 4.69) is 11.9 Å². The van der Waals surface area contributed by atoms with E-state index in [4.69, 9.17) is 5.84 Å². The predicted octanol–water partition coefficient (Wildman–Crippen LogP) is 0.0302. The largest absolute Gasteiger partial charge is 0.304 e. The zero-order valence-corrected chi connectivity index (χ0v) is 7.21. The van der Waals surface area contributed by atoms with Gasteiger partial charge < -0.3 is 4.90 Å². The van der Waals surface area contributed by atoms with E-state index < -0.39 is 0 Å². The van der Waals surface area contributed by atoms with Crippen molar-refractivity contribution < 1.29 is 0 Å². The van der Waals surface area contributed by atoms with Crippen LogP contribution < -0.4 is 5.84 Å². The van der Waals surface area contributed by atoms with Crippen LogP contribution in [0, 0.1) is 0 Å². The Hall–Kier alpha value is -0.120. The van der Waals surface area contributed by atoms with Crippen molar-refractivity contribution in [3.63, 3.8) is 0 Å². The lowest BCUT2D eigenvalue weighted by atomic mass is 9.79. The maximum atomic E-state index is 5.86. The fourth-order valence-corrected chi connectivity index (χ4v) is 2.33. The van der Waals surface area contributed by atoms with Gasteiger partial charge in [0.05, 0.1) is 0 Å². The predicted molar refractivity (Wildman–Crippen MR) is 45.0 cm³/mol. The summed E-state index contributed by atoms with van der Waals surface area (Å²) in [5.74, 6) is 5.86. The maximum absolute atomic E-state index is 5.86. The number of hydrogen-bond acceptors (Lipinski definition) is 3. The minimum atomic E-state index is 0.368. The van der Waals surface area contributed by atoms with Crippen molar-refractivity contribution in [3.8, 4) is 0 Å². The molecule has 3 nitrogen and oxygen atoms in total. The van der Waals surface area contributed by atoms with Crippen LogP contribution in [0.5, 0.6) is 0 Å². The molecule has 3 heteroatoms. The standard InChI is InChI=1S/C8H17N3/c1-10-5-2-3-8(7-10)4-6-11(8)9/h2-7,9H2,1H3. The van der Waals surface area contributed by atoms with Crippen LogP contribution in [0.25, 0.3) is 0 Å². The van der Waals surface area contributed by atoms with Gasteiger partial charge in [0, 0.05) is 18.6 Å². The van der Waals surface area contributed by atoms with Gasteiger partial charge in [-0.2, -0.15) is 0 Å². The molecule has 11 heavy (non-hydrogen) atoms. The molecule has 2 saturated heterocycles. The monoisotopic (exact) mass is 155 g/mol. The van der Waals surface area contributed by atoms with Gasteiger partial charge in [-0.15, -0.1) is 0 Å². The SMILES string of the molecule is CN1CCCC2(CCN2N)C1. The molecule has 0 aromatic heterocycles. The van der Waals surface area contributed by atoms with Crippen LogP contribution in [0.3, 0.4) is 0 Å². The number of hydrogen-bond donors (Lipinski definition) is 1. The Labute approximate surface area is 68.1 Å². The molecule has 0 aromatic carbocycles. The Morgan fingerprint density at radius 3 is 2.45 bits per heavy atom. The second-order valence-corrected chi connectivity index (χ2v) is 4.01. The first kappa shape index (κ1) is 7.53. The molecule has 2 N–H and O–H groups in total. The van der Waals surface area contributed by atoms with E-state index >= 15 is 0 Å². The molecule has 0 bridgehead atoms. The van der Waals surface area contributed by atoms with Crippen LogP contribution in [-0.2, 0) is 0 Å². The molecule has 2 aliphatic rings. The van der Waals surface area contributed by atoms with Crippen LogP contribution in [-0.4, -0.2) is 42.1 Å². The highest BCUT2D eigenvalue weighted by atomic mass is 15.5. The van der Waals surface area contributed by atoms with E-state index in [9.17, 15) is 0 Å². The van der Waals surface area contributed by atoms with Crippen LogP contribution in [0.4, 0.5) is 0 Å². The summed E-state index contributed by atoms with van der Waals surface area (Å²) < 4.78 is 0. The Bertz CT molecular complexity index is 159. The van der Waals surface area contributed by atoms with Crippen molar-refractivity contribution in [1.29, 1.82) is 0 Å². The van der Waals surface area contributed by atoms with Crippen molar-refractivity contribution in [3.05, 3.63) is 0 Å². The minimum absolute atomic E-state index is 0.368. The molecule has 0 amide bonds. The van der Waals surface area contributed by atoms with E-state index in [1.54, 1.807) is 0 Å². The zero-order valence-electron chi connectivity index (χ0n) is 7.21. The molecule has 1 spiro atoms. The normalized spacial score (nSPS) is 40.9. The molecule has 2 aliphatic heterocycles. The number of likely N-dealkylation sites (N-methyl/N-ethyl adjacent to an activating group) is 1. The average molecular weight is 155 g/mol. The number of likely N-dealkylation sites (tertiary alicyclic amines) is 1. The number of rotatable bonds is 0. The number of nitrogens with zero attached hydrogens (tertiary/aromatic N) is 2. The van der Waals surface area contributed by atoms with Crippen molar-refractivity contribution in [2.24, 2.45) is 5.84 Å². The van der Waals surface area contributed by atoms with E-state index in [0.717, 1.165) is 6.54 Å². The molecule has 0 aliphatic carbocycles. The molecule has 2 fully saturated rings. The quantitative estimate of drug-likeness (QED) is 0.501. The third kappa shape index (κ3) is 1.08. The molecule has 64 valence electrons. The maximum Gasteiger partial charge on any atom is 0.0491 e. The molecule has 0 radical (unpaired) electrons. The van der Waals surface area contributed by atoms with E-state index in [0.29, 0.717) is 5.54 Å². The van der Waals surface area contributed by atoms with Gasteiger partial charge in [-0.05, 0) is 32.9 Å². The lowest BCUT2D eigenvalue weighted by molar-refractivity contribution is -0.0615. The van der Waals surface area contributed by atoms with Crippen molar-refractivity contribution in [1.82, 2.24) is 9.91 Å². The highest BCUT2D eigenvalue weighted by Crippen LogP contribution is 2.35. The van der Waals surface area contributed by atoms with Gasteiger partial charge in [0.15, 0.2) is 0 Å². The first-order valence-electron chi connectivity index (χ1n) is 4.44. The van der Waals surface area contributed by atoms with Crippen LogP contribution in [0.1, 0.15) is 19.3 Å². The summed E-state index contributed by atoms with van der Waals surface area (Å²) in [6.45, 7) is 3.51. The van der Waals surface area contributed by atoms with Gasteiger partial charge in [0.2, 0.25) is 0 Å². The van der Waals surface area contributed by atoms with Crippen LogP contribution in [0.2, 0.25) is 0 Å². The lowest BCUT2D eigenvalue weighted by Crippen LogP contribution is -2.68. The molecule has 1 unspecified atom stereocenters. The summed E-state index contributed by atoms with van der Waals surface area (Å²) in [5, 5.41) is 2.03. The van der Waals surface area contributed by atoms with E-state index in [1.807, 2.05) is 5.01 Å². The van der Waals surface area contributed by atoms with Crippen molar-refractivity contribution in [2.45, 2.75) is 24.8 Å². The molecular weight excluding hydrogens is 138 g/mol. The second kappa shape index (κ2) is 2.44. The summed E-state index contributed by atoms with van der Waals surface area (Å²) in [6.07, 6.45) is 3.91. The number of nitrogens with two attached hydrogens (primary N) is 1. The van der Waals surface area contributed by atoms with E-state index in [1.165, 1.54) is 32.4 Å². The fraction of sp³-hybridized carbons (Fsp3) is 1.00. The second-order valence-electron chi connectivity index (χ2n) is 4.01. The smallest absolute Gasteiger partial charge is 0.0491 e. The van der Waals surface area contributed by atoms with Gasteiger partial charge in [-0.1, -0.05) is 0 Å². The Morgan fingerprint density at radius 2 is 2.09 bits per heavy atom. The number of piperidine rings is 1. The Balaban J connectivity index is 2.01. The molecule has 1 atom stereocenters. The van der Waals surface area contributed by atoms with Gasteiger partial charge in [-0.3, -0.25) is 5.84 Å². The highest BCUT2D eigenvalue weighted by molar-refractivity contribution is 5.00. The third-order valence-corrected chi connectivity index (χ3v) is 3.17. The Morgan fingerprint density at radius 1 is 1.27 bits per heavy atom.